The van der Waals surface area contributed by atoms with Gasteiger partial charge in [-0.15, -0.1) is 0 Å². The van der Waals surface area contributed by atoms with Gasteiger partial charge in [0.1, 0.15) is 10.8 Å². The number of ether oxygens (including phenoxy) is 1. The predicted molar refractivity (Wildman–Crippen MR) is 73.3 cm³/mol. The van der Waals surface area contributed by atoms with Crippen LogP contribution in [0.3, 0.4) is 0 Å². The van der Waals surface area contributed by atoms with Crippen LogP contribution in [-0.2, 0) is 0 Å². The molecule has 98 valence electrons. The second-order valence-corrected chi connectivity index (χ2v) is 5.06. The first-order chi connectivity index (χ1) is 9.10. The number of halogens is 1. The third-order valence-electron chi connectivity index (χ3n) is 2.33. The van der Waals surface area contributed by atoms with Gasteiger partial charge in [0, 0.05) is 11.1 Å². The number of aromatic carboxylic acids is 1. The quantitative estimate of drug-likeness (QED) is 0.934. The van der Waals surface area contributed by atoms with E-state index in [0.29, 0.717) is 10.0 Å². The largest absolute Gasteiger partial charge is 0.497 e. The number of carboxylic acids is 1. The van der Waals surface area contributed by atoms with E-state index in [1.807, 2.05) is 24.3 Å². The Labute approximate surface area is 119 Å². The monoisotopic (exact) mass is 295 g/mol. The van der Waals surface area contributed by atoms with E-state index < -0.39 is 5.97 Å². The average Bonchev–Trinajstić information content (AvgIpc) is 2.41. The summed E-state index contributed by atoms with van der Waals surface area (Å²) in [7, 11) is 1.60. The Morgan fingerprint density at radius 1 is 1.37 bits per heavy atom. The standard InChI is InChI=1S/C13H10ClNO3S/c1-18-9-2-4-10(5-3-9)19-12-11(14)6-8(7-15-12)13(16)17/h2-7H,1H3,(H,16,17). The molecule has 0 radical (unpaired) electrons. The van der Waals surface area contributed by atoms with Gasteiger partial charge in [-0.05, 0) is 30.3 Å². The van der Waals surface area contributed by atoms with E-state index in [1.165, 1.54) is 24.0 Å². The topological polar surface area (TPSA) is 59.4 Å². The van der Waals surface area contributed by atoms with E-state index in [1.54, 1.807) is 7.11 Å². The molecule has 2 aromatic rings. The van der Waals surface area contributed by atoms with Crippen molar-refractivity contribution in [3.05, 3.63) is 47.1 Å². The number of carboxylic acid groups (broad SMARTS) is 1. The maximum absolute atomic E-state index is 10.8. The molecule has 0 fully saturated rings. The van der Waals surface area contributed by atoms with E-state index in [2.05, 4.69) is 4.98 Å². The first kappa shape index (κ1) is 13.7. The summed E-state index contributed by atoms with van der Waals surface area (Å²) in [4.78, 5) is 15.8. The van der Waals surface area contributed by atoms with Crippen molar-refractivity contribution in [2.24, 2.45) is 0 Å². The highest BCUT2D eigenvalue weighted by Gasteiger charge is 2.09. The second kappa shape index (κ2) is 5.95. The Kier molecular flexibility index (Phi) is 4.29. The molecule has 0 bridgehead atoms. The Morgan fingerprint density at radius 3 is 2.58 bits per heavy atom. The Hall–Kier alpha value is -1.72. The van der Waals surface area contributed by atoms with Gasteiger partial charge in [0.05, 0.1) is 17.7 Å². The SMILES string of the molecule is COc1ccc(Sc2ncc(C(=O)O)cc2Cl)cc1. The number of benzene rings is 1. The summed E-state index contributed by atoms with van der Waals surface area (Å²) in [5.74, 6) is -0.278. The lowest BCUT2D eigenvalue weighted by Gasteiger charge is -2.05. The molecule has 19 heavy (non-hydrogen) atoms. The number of hydrogen-bond donors (Lipinski definition) is 1. The van der Waals surface area contributed by atoms with Gasteiger partial charge in [0.2, 0.25) is 0 Å². The number of aromatic nitrogens is 1. The summed E-state index contributed by atoms with van der Waals surface area (Å²) in [5, 5.41) is 9.71. The molecule has 4 nitrogen and oxygen atoms in total. The molecule has 0 saturated heterocycles. The first-order valence-electron chi connectivity index (χ1n) is 5.31. The van der Waals surface area contributed by atoms with Crippen molar-refractivity contribution < 1.29 is 14.6 Å². The van der Waals surface area contributed by atoms with Crippen LogP contribution in [0.2, 0.25) is 5.02 Å². The summed E-state index contributed by atoms with van der Waals surface area (Å²) in [5.41, 5.74) is 0.0732. The van der Waals surface area contributed by atoms with Gasteiger partial charge in [0.15, 0.2) is 0 Å². The highest BCUT2D eigenvalue weighted by Crippen LogP contribution is 2.32. The molecular weight excluding hydrogens is 286 g/mol. The molecule has 0 amide bonds. The van der Waals surface area contributed by atoms with Crippen molar-refractivity contribution in [3.63, 3.8) is 0 Å². The second-order valence-electron chi connectivity index (χ2n) is 3.59. The Bertz CT molecular complexity index is 601. The molecule has 0 unspecified atom stereocenters. The van der Waals surface area contributed by atoms with Crippen LogP contribution in [0.15, 0.2) is 46.5 Å². The molecule has 0 atom stereocenters. The fourth-order valence-corrected chi connectivity index (χ4v) is 2.41. The first-order valence-corrected chi connectivity index (χ1v) is 6.50. The third kappa shape index (κ3) is 3.39. The minimum Gasteiger partial charge on any atom is -0.497 e. The van der Waals surface area contributed by atoms with Crippen LogP contribution in [0, 0.1) is 0 Å². The maximum atomic E-state index is 10.8. The van der Waals surface area contributed by atoms with Gasteiger partial charge in [0.25, 0.3) is 0 Å². The van der Waals surface area contributed by atoms with Crippen LogP contribution < -0.4 is 4.74 Å². The maximum Gasteiger partial charge on any atom is 0.337 e. The summed E-state index contributed by atoms with van der Waals surface area (Å²) in [6.07, 6.45) is 1.29. The predicted octanol–water partition coefficient (Wildman–Crippen LogP) is 3.59. The third-order valence-corrected chi connectivity index (χ3v) is 3.76. The van der Waals surface area contributed by atoms with Crippen molar-refractivity contribution in [2.75, 3.05) is 7.11 Å². The van der Waals surface area contributed by atoms with Crippen molar-refractivity contribution in [3.8, 4) is 5.75 Å². The lowest BCUT2D eigenvalue weighted by molar-refractivity contribution is 0.0696. The van der Waals surface area contributed by atoms with Gasteiger partial charge < -0.3 is 9.84 Å². The number of pyridine rings is 1. The average molecular weight is 296 g/mol. The fraction of sp³-hybridized carbons (Fsp3) is 0.0769. The van der Waals surface area contributed by atoms with Crippen LogP contribution >= 0.6 is 23.4 Å². The van der Waals surface area contributed by atoms with E-state index in [4.69, 9.17) is 21.4 Å². The molecule has 1 aromatic carbocycles. The van der Waals surface area contributed by atoms with Gasteiger partial charge >= 0.3 is 5.97 Å². The Morgan fingerprint density at radius 2 is 2.05 bits per heavy atom. The summed E-state index contributed by atoms with van der Waals surface area (Å²) in [6, 6.07) is 8.83. The van der Waals surface area contributed by atoms with Gasteiger partial charge in [-0.2, -0.15) is 0 Å². The number of rotatable bonds is 4. The molecule has 6 heteroatoms. The molecule has 2 rings (SSSR count). The molecule has 1 aromatic heterocycles. The van der Waals surface area contributed by atoms with Crippen molar-refractivity contribution >= 4 is 29.3 Å². The van der Waals surface area contributed by atoms with Crippen molar-refractivity contribution in [1.82, 2.24) is 4.98 Å². The number of methoxy groups -OCH3 is 1. The summed E-state index contributed by atoms with van der Waals surface area (Å²) in [6.45, 7) is 0. The van der Waals surface area contributed by atoms with Gasteiger partial charge in [-0.1, -0.05) is 23.4 Å². The Balaban J connectivity index is 2.20. The van der Waals surface area contributed by atoms with E-state index in [-0.39, 0.29) is 5.56 Å². The highest BCUT2D eigenvalue weighted by molar-refractivity contribution is 7.99. The number of nitrogens with zero attached hydrogens (tertiary/aromatic N) is 1. The molecule has 1 N–H and O–H groups in total. The van der Waals surface area contributed by atoms with Crippen molar-refractivity contribution in [1.29, 1.82) is 0 Å². The fourth-order valence-electron chi connectivity index (χ4n) is 1.37. The number of hydrogen-bond acceptors (Lipinski definition) is 4. The lowest BCUT2D eigenvalue weighted by atomic mass is 10.3. The zero-order valence-electron chi connectivity index (χ0n) is 9.96. The van der Waals surface area contributed by atoms with E-state index in [0.717, 1.165) is 10.6 Å². The van der Waals surface area contributed by atoms with Crippen LogP contribution in [0.1, 0.15) is 10.4 Å². The van der Waals surface area contributed by atoms with Crippen LogP contribution in [0.4, 0.5) is 0 Å². The van der Waals surface area contributed by atoms with Gasteiger partial charge in [-0.25, -0.2) is 9.78 Å². The zero-order chi connectivity index (χ0) is 13.8. The van der Waals surface area contributed by atoms with Gasteiger partial charge in [-0.3, -0.25) is 0 Å². The molecule has 0 aliphatic heterocycles. The molecule has 1 heterocycles. The molecule has 0 spiro atoms. The van der Waals surface area contributed by atoms with E-state index >= 15 is 0 Å². The molecule has 0 aliphatic rings. The smallest absolute Gasteiger partial charge is 0.337 e. The summed E-state index contributed by atoms with van der Waals surface area (Å²) >= 11 is 7.37. The lowest BCUT2D eigenvalue weighted by Crippen LogP contribution is -1.97. The molecular formula is C13H10ClNO3S. The molecule has 0 saturated carbocycles. The van der Waals surface area contributed by atoms with E-state index in [9.17, 15) is 4.79 Å². The van der Waals surface area contributed by atoms with Crippen LogP contribution in [0.5, 0.6) is 5.75 Å². The summed E-state index contributed by atoms with van der Waals surface area (Å²) < 4.78 is 5.07. The normalized spacial score (nSPS) is 10.2. The number of carbonyl (C=O) groups is 1. The van der Waals surface area contributed by atoms with Crippen LogP contribution in [-0.4, -0.2) is 23.2 Å². The van der Waals surface area contributed by atoms with Crippen LogP contribution in [0.25, 0.3) is 0 Å². The highest BCUT2D eigenvalue weighted by atomic mass is 35.5. The minimum atomic E-state index is -1.05. The van der Waals surface area contributed by atoms with Crippen molar-refractivity contribution in [2.45, 2.75) is 9.92 Å². The molecule has 0 aliphatic carbocycles. The minimum absolute atomic E-state index is 0.0732. The zero-order valence-corrected chi connectivity index (χ0v) is 11.5.